The Labute approximate surface area is 133 Å². The number of aromatic nitrogens is 1. The summed E-state index contributed by atoms with van der Waals surface area (Å²) in [6.07, 6.45) is 1.23. The van der Waals surface area contributed by atoms with E-state index < -0.39 is 10.0 Å². The van der Waals surface area contributed by atoms with Crippen molar-refractivity contribution in [1.29, 1.82) is 0 Å². The third-order valence-electron chi connectivity index (χ3n) is 2.39. The second-order valence-electron chi connectivity index (χ2n) is 4.77. The first kappa shape index (κ1) is 16.1. The summed E-state index contributed by atoms with van der Waals surface area (Å²) in [6, 6.07) is 6.81. The van der Waals surface area contributed by atoms with Crippen LogP contribution in [0.5, 0.6) is 5.75 Å². The predicted molar refractivity (Wildman–Crippen MR) is 84.7 cm³/mol. The molecule has 2 aromatic rings. The van der Waals surface area contributed by atoms with Crippen LogP contribution in [-0.2, 0) is 10.0 Å². The summed E-state index contributed by atoms with van der Waals surface area (Å²) in [5, 5.41) is 0. The number of thiazole rings is 1. The summed E-state index contributed by atoms with van der Waals surface area (Å²) >= 11 is 6.57. The topological polar surface area (TPSA) is 68.3 Å². The van der Waals surface area contributed by atoms with Gasteiger partial charge in [-0.3, -0.25) is 4.72 Å². The summed E-state index contributed by atoms with van der Waals surface area (Å²) in [4.78, 5) is 3.73. The number of hydrogen-bond donors (Lipinski definition) is 1. The zero-order valence-corrected chi connectivity index (χ0v) is 13.9. The van der Waals surface area contributed by atoms with Crippen molar-refractivity contribution in [1.82, 2.24) is 4.98 Å². The first-order valence-corrected chi connectivity index (χ1v) is 8.91. The van der Waals surface area contributed by atoms with E-state index in [1.54, 1.807) is 24.3 Å². The van der Waals surface area contributed by atoms with Gasteiger partial charge in [-0.1, -0.05) is 42.9 Å². The van der Waals surface area contributed by atoms with Gasteiger partial charge < -0.3 is 4.74 Å². The molecule has 2 rings (SSSR count). The molecule has 0 aliphatic carbocycles. The quantitative estimate of drug-likeness (QED) is 0.867. The van der Waals surface area contributed by atoms with Crippen molar-refractivity contribution in [3.63, 3.8) is 0 Å². The lowest BCUT2D eigenvalue weighted by Gasteiger charge is -2.11. The number of halogens is 1. The molecule has 114 valence electrons. The molecule has 0 aliphatic heterocycles. The van der Waals surface area contributed by atoms with Crippen LogP contribution in [0.2, 0.25) is 4.47 Å². The molecule has 1 aromatic carbocycles. The normalized spacial score (nSPS) is 11.6. The van der Waals surface area contributed by atoms with E-state index in [4.69, 9.17) is 16.3 Å². The number of nitrogens with zero attached hydrogens (tertiary/aromatic N) is 1. The van der Waals surface area contributed by atoms with E-state index in [0.717, 1.165) is 11.3 Å². The number of anilines is 1. The van der Waals surface area contributed by atoms with E-state index in [-0.39, 0.29) is 8.68 Å². The lowest BCUT2D eigenvalue weighted by atomic mass is 10.2. The van der Waals surface area contributed by atoms with Crippen LogP contribution in [0.15, 0.2) is 34.7 Å². The summed E-state index contributed by atoms with van der Waals surface area (Å²) in [5.74, 6) is 1.01. The van der Waals surface area contributed by atoms with Gasteiger partial charge in [0.2, 0.25) is 0 Å². The van der Waals surface area contributed by atoms with Crippen molar-refractivity contribution >= 4 is 38.6 Å². The zero-order chi connectivity index (χ0) is 15.5. The highest BCUT2D eigenvalue weighted by molar-refractivity contribution is 7.94. The van der Waals surface area contributed by atoms with Gasteiger partial charge in [0.1, 0.15) is 5.75 Å². The summed E-state index contributed by atoms with van der Waals surface area (Å²) in [6.45, 7) is 4.65. The Bertz CT molecular complexity index is 714. The van der Waals surface area contributed by atoms with Crippen molar-refractivity contribution in [2.45, 2.75) is 18.1 Å². The molecule has 5 nitrogen and oxygen atoms in total. The van der Waals surface area contributed by atoms with Crippen LogP contribution >= 0.6 is 22.9 Å². The van der Waals surface area contributed by atoms with Crippen LogP contribution in [0.3, 0.4) is 0 Å². The highest BCUT2D eigenvalue weighted by Gasteiger charge is 2.17. The van der Waals surface area contributed by atoms with Gasteiger partial charge in [0, 0.05) is 6.07 Å². The van der Waals surface area contributed by atoms with E-state index in [1.165, 1.54) is 6.20 Å². The molecule has 1 aromatic heterocycles. The molecule has 21 heavy (non-hydrogen) atoms. The molecule has 8 heteroatoms. The first-order valence-electron chi connectivity index (χ1n) is 6.24. The average molecular weight is 347 g/mol. The van der Waals surface area contributed by atoms with Crippen molar-refractivity contribution in [2.24, 2.45) is 5.92 Å². The van der Waals surface area contributed by atoms with Crippen LogP contribution in [0.1, 0.15) is 13.8 Å². The SMILES string of the molecule is CC(C)COc1cccc(NS(=O)(=O)c2cnc(Cl)s2)c1. The summed E-state index contributed by atoms with van der Waals surface area (Å²) in [5.41, 5.74) is 0.431. The highest BCUT2D eigenvalue weighted by atomic mass is 35.5. The average Bonchev–Trinajstić information content (AvgIpc) is 2.84. The molecule has 0 saturated heterocycles. The van der Waals surface area contributed by atoms with Gasteiger partial charge in [-0.25, -0.2) is 13.4 Å². The van der Waals surface area contributed by atoms with Gasteiger partial charge in [0.15, 0.2) is 8.68 Å². The second-order valence-corrected chi connectivity index (χ2v) is 8.29. The summed E-state index contributed by atoms with van der Waals surface area (Å²) in [7, 11) is -3.67. The van der Waals surface area contributed by atoms with E-state index in [0.29, 0.717) is 24.0 Å². The standard InChI is InChI=1S/C13H15ClN2O3S2/c1-9(2)8-19-11-5-3-4-10(6-11)16-21(17,18)12-7-15-13(14)20-12/h3-7,9,16H,8H2,1-2H3. The summed E-state index contributed by atoms with van der Waals surface area (Å²) < 4.78 is 32.6. The maximum atomic E-state index is 12.2. The maximum absolute atomic E-state index is 12.2. The molecular formula is C13H15ClN2O3S2. The number of rotatable bonds is 6. The third kappa shape index (κ3) is 4.59. The van der Waals surface area contributed by atoms with E-state index in [1.807, 2.05) is 13.8 Å². The van der Waals surface area contributed by atoms with Gasteiger partial charge in [0.05, 0.1) is 18.5 Å². The van der Waals surface area contributed by atoms with Crippen LogP contribution in [0.4, 0.5) is 5.69 Å². The Hall–Kier alpha value is -1.31. The molecule has 0 fully saturated rings. The maximum Gasteiger partial charge on any atom is 0.273 e. The lowest BCUT2D eigenvalue weighted by molar-refractivity contribution is 0.271. The van der Waals surface area contributed by atoms with E-state index >= 15 is 0 Å². The molecule has 0 saturated carbocycles. The molecule has 0 unspecified atom stereocenters. The van der Waals surface area contributed by atoms with E-state index in [2.05, 4.69) is 9.71 Å². The van der Waals surface area contributed by atoms with Crippen molar-refractivity contribution < 1.29 is 13.2 Å². The molecule has 0 bridgehead atoms. The Balaban J connectivity index is 2.14. The highest BCUT2D eigenvalue weighted by Crippen LogP contribution is 2.26. The minimum atomic E-state index is -3.67. The number of benzene rings is 1. The van der Waals surface area contributed by atoms with Gasteiger partial charge in [-0.2, -0.15) is 0 Å². The fraction of sp³-hybridized carbons (Fsp3) is 0.308. The monoisotopic (exact) mass is 346 g/mol. The Morgan fingerprint density at radius 3 is 2.81 bits per heavy atom. The van der Waals surface area contributed by atoms with Crippen LogP contribution in [-0.4, -0.2) is 20.0 Å². The molecule has 0 amide bonds. The number of sulfonamides is 1. The first-order chi connectivity index (χ1) is 9.87. The molecule has 0 spiro atoms. The molecule has 1 heterocycles. The fourth-order valence-corrected chi connectivity index (χ4v) is 3.82. The lowest BCUT2D eigenvalue weighted by Crippen LogP contribution is -2.11. The number of hydrogen-bond acceptors (Lipinski definition) is 5. The number of nitrogens with one attached hydrogen (secondary N) is 1. The second kappa shape index (κ2) is 6.64. The van der Waals surface area contributed by atoms with Gasteiger partial charge in [-0.05, 0) is 18.1 Å². The van der Waals surface area contributed by atoms with Gasteiger partial charge >= 0.3 is 0 Å². The molecule has 0 radical (unpaired) electrons. The van der Waals surface area contributed by atoms with Gasteiger partial charge in [-0.15, -0.1) is 0 Å². The molecule has 0 aliphatic rings. The predicted octanol–water partition coefficient (Wildman–Crippen LogP) is 3.63. The fourth-order valence-electron chi connectivity index (χ4n) is 1.48. The van der Waals surface area contributed by atoms with Crippen molar-refractivity contribution in [3.8, 4) is 5.75 Å². The minimum Gasteiger partial charge on any atom is -0.493 e. The van der Waals surface area contributed by atoms with Crippen LogP contribution in [0, 0.1) is 5.92 Å². The van der Waals surface area contributed by atoms with E-state index in [9.17, 15) is 8.42 Å². The smallest absolute Gasteiger partial charge is 0.273 e. The largest absolute Gasteiger partial charge is 0.493 e. The Morgan fingerprint density at radius 1 is 1.43 bits per heavy atom. The zero-order valence-electron chi connectivity index (χ0n) is 11.5. The van der Waals surface area contributed by atoms with Crippen molar-refractivity contribution in [2.75, 3.05) is 11.3 Å². The molecule has 1 N–H and O–H groups in total. The Kier molecular flexibility index (Phi) is 5.08. The Morgan fingerprint density at radius 2 is 2.19 bits per heavy atom. The number of ether oxygens (including phenoxy) is 1. The third-order valence-corrected chi connectivity index (χ3v) is 5.35. The molecule has 0 atom stereocenters. The van der Waals surface area contributed by atoms with Crippen LogP contribution in [0.25, 0.3) is 0 Å². The van der Waals surface area contributed by atoms with Gasteiger partial charge in [0.25, 0.3) is 10.0 Å². The molecular weight excluding hydrogens is 332 g/mol. The minimum absolute atomic E-state index is 0.0704. The van der Waals surface area contributed by atoms with Crippen LogP contribution < -0.4 is 9.46 Å². The van der Waals surface area contributed by atoms with Crippen molar-refractivity contribution in [3.05, 3.63) is 34.9 Å².